The number of carboxylic acids is 1. The van der Waals surface area contributed by atoms with Crippen molar-refractivity contribution in [1.82, 2.24) is 0 Å². The second-order valence-electron chi connectivity index (χ2n) is 3.36. The maximum Gasteiger partial charge on any atom is 0.344 e. The molecule has 92 valence electrons. The Morgan fingerprint density at radius 1 is 1.47 bits per heavy atom. The highest BCUT2D eigenvalue weighted by Crippen LogP contribution is 2.28. The first-order chi connectivity index (χ1) is 8.08. The van der Waals surface area contributed by atoms with Gasteiger partial charge in [0.05, 0.1) is 6.61 Å². The molecule has 0 fully saturated rings. The van der Waals surface area contributed by atoms with E-state index < -0.39 is 12.1 Å². The average Bonchev–Trinajstić information content (AvgIpc) is 2.31. The van der Waals surface area contributed by atoms with Gasteiger partial charge in [0, 0.05) is 5.56 Å². The summed E-state index contributed by atoms with van der Waals surface area (Å²) in [6.07, 6.45) is -0.288. The van der Waals surface area contributed by atoms with Crippen LogP contribution in [0.5, 0.6) is 11.5 Å². The molecule has 5 heteroatoms. The molecule has 1 aromatic rings. The van der Waals surface area contributed by atoms with Gasteiger partial charge in [-0.1, -0.05) is 0 Å². The fourth-order valence-corrected chi connectivity index (χ4v) is 1.20. The Morgan fingerprint density at radius 3 is 2.71 bits per heavy atom. The van der Waals surface area contributed by atoms with E-state index in [1.54, 1.807) is 13.0 Å². The third-order valence-electron chi connectivity index (χ3n) is 2.06. The number of carbonyl (C=O) groups excluding carboxylic acids is 1. The van der Waals surface area contributed by atoms with Crippen LogP contribution in [-0.4, -0.2) is 30.1 Å². The minimum absolute atomic E-state index is 0.312. The number of ether oxygens (including phenoxy) is 2. The second-order valence-corrected chi connectivity index (χ2v) is 3.36. The van der Waals surface area contributed by atoms with E-state index in [1.165, 1.54) is 19.1 Å². The van der Waals surface area contributed by atoms with E-state index in [4.69, 9.17) is 14.6 Å². The Morgan fingerprint density at radius 2 is 2.18 bits per heavy atom. The predicted molar refractivity (Wildman–Crippen MR) is 60.7 cm³/mol. The van der Waals surface area contributed by atoms with Gasteiger partial charge in [-0.3, -0.25) is 4.79 Å². The molecule has 0 saturated heterocycles. The summed E-state index contributed by atoms with van der Waals surface area (Å²) in [5, 5.41) is 8.74. The summed E-state index contributed by atoms with van der Waals surface area (Å²) >= 11 is 0. The highest BCUT2D eigenvalue weighted by molar-refractivity contribution is 5.76. The monoisotopic (exact) mass is 238 g/mol. The van der Waals surface area contributed by atoms with Gasteiger partial charge in [-0.15, -0.1) is 0 Å². The van der Waals surface area contributed by atoms with Crippen molar-refractivity contribution in [2.75, 3.05) is 6.61 Å². The molecule has 0 heterocycles. The van der Waals surface area contributed by atoms with E-state index >= 15 is 0 Å². The lowest BCUT2D eigenvalue weighted by Crippen LogP contribution is -2.23. The molecule has 0 aliphatic carbocycles. The van der Waals surface area contributed by atoms with Gasteiger partial charge in [0.1, 0.15) is 6.29 Å². The number of carbonyl (C=O) groups is 2. The molecule has 5 nitrogen and oxygen atoms in total. The maximum absolute atomic E-state index is 10.7. The van der Waals surface area contributed by atoms with Crippen LogP contribution in [0.25, 0.3) is 0 Å². The van der Waals surface area contributed by atoms with Crippen molar-refractivity contribution >= 4 is 12.3 Å². The average molecular weight is 238 g/mol. The number of benzene rings is 1. The van der Waals surface area contributed by atoms with Crippen molar-refractivity contribution in [3.8, 4) is 11.5 Å². The molecule has 0 radical (unpaired) electrons. The second kappa shape index (κ2) is 5.89. The van der Waals surface area contributed by atoms with E-state index in [0.717, 1.165) is 0 Å². The normalized spacial score (nSPS) is 11.6. The lowest BCUT2D eigenvalue weighted by atomic mass is 10.2. The molecule has 1 atom stereocenters. The van der Waals surface area contributed by atoms with E-state index in [2.05, 4.69) is 0 Å². The van der Waals surface area contributed by atoms with E-state index in [9.17, 15) is 9.59 Å². The lowest BCUT2D eigenvalue weighted by Gasteiger charge is -2.14. The van der Waals surface area contributed by atoms with Crippen molar-refractivity contribution in [1.29, 1.82) is 0 Å². The minimum Gasteiger partial charge on any atom is -0.490 e. The van der Waals surface area contributed by atoms with Gasteiger partial charge < -0.3 is 14.6 Å². The van der Waals surface area contributed by atoms with Crippen molar-refractivity contribution in [3.63, 3.8) is 0 Å². The van der Waals surface area contributed by atoms with Crippen LogP contribution in [0.4, 0.5) is 0 Å². The zero-order valence-electron chi connectivity index (χ0n) is 9.67. The molecular weight excluding hydrogens is 224 g/mol. The quantitative estimate of drug-likeness (QED) is 0.764. The summed E-state index contributed by atoms with van der Waals surface area (Å²) in [6.45, 7) is 3.61. The molecule has 0 amide bonds. The van der Waals surface area contributed by atoms with Gasteiger partial charge in [-0.2, -0.15) is 0 Å². The molecule has 0 aliphatic heterocycles. The first-order valence-corrected chi connectivity index (χ1v) is 5.20. The summed E-state index contributed by atoms with van der Waals surface area (Å²) in [7, 11) is 0. The van der Waals surface area contributed by atoms with Crippen LogP contribution < -0.4 is 9.47 Å². The summed E-state index contributed by atoms with van der Waals surface area (Å²) < 4.78 is 10.5. The largest absolute Gasteiger partial charge is 0.490 e. The first kappa shape index (κ1) is 13.0. The van der Waals surface area contributed by atoms with Crippen LogP contribution >= 0.6 is 0 Å². The summed E-state index contributed by atoms with van der Waals surface area (Å²) in [4.78, 5) is 21.3. The lowest BCUT2D eigenvalue weighted by molar-refractivity contribution is -0.144. The van der Waals surface area contributed by atoms with Crippen molar-refractivity contribution in [2.24, 2.45) is 0 Å². The standard InChI is InChI=1S/C12H14O5/c1-3-16-11-6-9(7-13)4-5-10(11)17-8(2)12(14)15/h4-8H,3H2,1-2H3,(H,14,15)/t8-/m0/s1. The van der Waals surface area contributed by atoms with E-state index in [1.807, 2.05) is 0 Å². The molecule has 0 saturated carbocycles. The molecule has 1 rings (SSSR count). The summed E-state index contributed by atoms with van der Waals surface area (Å²) in [6, 6.07) is 4.58. The number of hydrogen-bond donors (Lipinski definition) is 1. The van der Waals surface area contributed by atoms with Gasteiger partial charge in [0.25, 0.3) is 0 Å². The molecule has 0 aromatic heterocycles. The van der Waals surface area contributed by atoms with Gasteiger partial charge >= 0.3 is 5.97 Å². The number of carboxylic acid groups (broad SMARTS) is 1. The molecular formula is C12H14O5. The van der Waals surface area contributed by atoms with E-state index in [-0.39, 0.29) is 0 Å². The summed E-state index contributed by atoms with van der Waals surface area (Å²) in [5.41, 5.74) is 0.448. The van der Waals surface area contributed by atoms with Gasteiger partial charge in [0.2, 0.25) is 0 Å². The highest BCUT2D eigenvalue weighted by atomic mass is 16.5. The Labute approximate surface area is 99.0 Å². The van der Waals surface area contributed by atoms with Crippen LogP contribution in [-0.2, 0) is 4.79 Å². The maximum atomic E-state index is 10.7. The fourth-order valence-electron chi connectivity index (χ4n) is 1.20. The first-order valence-electron chi connectivity index (χ1n) is 5.20. The van der Waals surface area contributed by atoms with Crippen LogP contribution in [0, 0.1) is 0 Å². The number of aldehydes is 1. The van der Waals surface area contributed by atoms with Crippen LogP contribution in [0.3, 0.4) is 0 Å². The number of aliphatic carboxylic acids is 1. The van der Waals surface area contributed by atoms with E-state index in [0.29, 0.717) is 30.0 Å². The number of rotatable bonds is 6. The van der Waals surface area contributed by atoms with Gasteiger partial charge in [-0.25, -0.2) is 4.79 Å². The third-order valence-corrected chi connectivity index (χ3v) is 2.06. The zero-order valence-corrected chi connectivity index (χ0v) is 9.67. The van der Waals surface area contributed by atoms with Gasteiger partial charge in [-0.05, 0) is 32.0 Å². The molecule has 1 aromatic carbocycles. The Balaban J connectivity index is 2.97. The molecule has 0 spiro atoms. The molecule has 0 bridgehead atoms. The topological polar surface area (TPSA) is 72.8 Å². The van der Waals surface area contributed by atoms with Crippen LogP contribution in [0.2, 0.25) is 0 Å². The Bertz CT molecular complexity index is 413. The van der Waals surface area contributed by atoms with Crippen LogP contribution in [0.15, 0.2) is 18.2 Å². The fraction of sp³-hybridized carbons (Fsp3) is 0.333. The predicted octanol–water partition coefficient (Wildman–Crippen LogP) is 1.75. The van der Waals surface area contributed by atoms with Crippen molar-refractivity contribution in [2.45, 2.75) is 20.0 Å². The van der Waals surface area contributed by atoms with Gasteiger partial charge in [0.15, 0.2) is 17.6 Å². The number of hydrogen-bond acceptors (Lipinski definition) is 4. The Kier molecular flexibility index (Phi) is 4.51. The third kappa shape index (κ3) is 3.48. The van der Waals surface area contributed by atoms with Crippen molar-refractivity contribution in [3.05, 3.63) is 23.8 Å². The SMILES string of the molecule is CCOc1cc(C=O)ccc1O[C@@H](C)C(=O)O. The van der Waals surface area contributed by atoms with Crippen LogP contribution in [0.1, 0.15) is 24.2 Å². The Hall–Kier alpha value is -2.04. The zero-order chi connectivity index (χ0) is 12.8. The molecule has 1 N–H and O–H groups in total. The highest BCUT2D eigenvalue weighted by Gasteiger charge is 2.15. The minimum atomic E-state index is -1.06. The molecule has 17 heavy (non-hydrogen) atoms. The summed E-state index contributed by atoms with van der Waals surface area (Å²) in [5.74, 6) is -0.385. The smallest absolute Gasteiger partial charge is 0.344 e. The molecule has 0 aliphatic rings. The molecule has 0 unspecified atom stereocenters. The van der Waals surface area contributed by atoms with Crippen molar-refractivity contribution < 1.29 is 24.2 Å².